The summed E-state index contributed by atoms with van der Waals surface area (Å²) in [4.78, 5) is 17.2. The summed E-state index contributed by atoms with van der Waals surface area (Å²) >= 11 is 7.77. The average Bonchev–Trinajstić information content (AvgIpc) is 2.75. The van der Waals surface area contributed by atoms with Crippen LogP contribution in [0.2, 0.25) is 5.02 Å². The number of carbonyl (C=O) groups is 1. The lowest BCUT2D eigenvalue weighted by molar-refractivity contribution is -0.131. The van der Waals surface area contributed by atoms with E-state index in [-0.39, 0.29) is 5.91 Å². The molecule has 0 aliphatic carbocycles. The molecule has 2 aliphatic rings. The molecule has 0 fully saturated rings. The Hall–Kier alpha value is -2.76. The molecule has 0 spiro atoms. The molecular formula is C23H18ClN3OS. The average molecular weight is 420 g/mol. The summed E-state index contributed by atoms with van der Waals surface area (Å²) < 4.78 is 0. The van der Waals surface area contributed by atoms with Gasteiger partial charge in [-0.1, -0.05) is 59.8 Å². The van der Waals surface area contributed by atoms with Crippen LogP contribution in [0.3, 0.4) is 0 Å². The van der Waals surface area contributed by atoms with E-state index in [9.17, 15) is 4.79 Å². The van der Waals surface area contributed by atoms with Crippen LogP contribution in [0.4, 0.5) is 11.4 Å². The zero-order chi connectivity index (χ0) is 19.8. The second-order valence-corrected chi connectivity index (χ2v) is 8.47. The molecule has 0 unspecified atom stereocenters. The minimum Gasteiger partial charge on any atom is -0.319 e. The first kappa shape index (κ1) is 18.3. The highest BCUT2D eigenvalue weighted by Crippen LogP contribution is 2.47. The van der Waals surface area contributed by atoms with Crippen molar-refractivity contribution in [1.29, 1.82) is 0 Å². The third-order valence-corrected chi connectivity index (χ3v) is 6.47. The van der Waals surface area contributed by atoms with E-state index in [1.165, 1.54) is 9.79 Å². The summed E-state index contributed by atoms with van der Waals surface area (Å²) in [5.41, 5.74) is 4.10. The fraction of sp³-hybridized carbons (Fsp3) is 0.130. The van der Waals surface area contributed by atoms with E-state index in [2.05, 4.69) is 29.2 Å². The zero-order valence-electron chi connectivity index (χ0n) is 15.6. The first-order chi connectivity index (χ1) is 14.2. The van der Waals surface area contributed by atoms with Crippen molar-refractivity contribution in [2.75, 3.05) is 11.6 Å². The number of hydrogen-bond acceptors (Lipinski definition) is 4. The second kappa shape index (κ2) is 7.58. The number of halogens is 1. The van der Waals surface area contributed by atoms with Crippen molar-refractivity contribution < 1.29 is 4.79 Å². The first-order valence-corrected chi connectivity index (χ1v) is 10.7. The van der Waals surface area contributed by atoms with Crippen molar-refractivity contribution in [1.82, 2.24) is 5.01 Å². The van der Waals surface area contributed by atoms with Gasteiger partial charge >= 0.3 is 0 Å². The Balaban J connectivity index is 1.51. The zero-order valence-corrected chi connectivity index (χ0v) is 17.2. The highest BCUT2D eigenvalue weighted by atomic mass is 35.5. The van der Waals surface area contributed by atoms with Crippen molar-refractivity contribution in [3.8, 4) is 0 Å². The number of carbonyl (C=O) groups excluding carboxylic acids is 1. The molecule has 0 bridgehead atoms. The largest absolute Gasteiger partial charge is 0.319 e. The Morgan fingerprint density at radius 1 is 0.862 bits per heavy atom. The number of anilines is 2. The SMILES string of the molecule is O=C1CCC(c2ccc(Cl)cc2)=NN1CN1c2ccccc2Sc2ccccc21. The van der Waals surface area contributed by atoms with Crippen LogP contribution in [0.5, 0.6) is 0 Å². The predicted molar refractivity (Wildman–Crippen MR) is 118 cm³/mol. The van der Waals surface area contributed by atoms with Crippen molar-refractivity contribution in [2.24, 2.45) is 5.10 Å². The number of nitrogens with zero attached hydrogens (tertiary/aromatic N) is 3. The maximum absolute atomic E-state index is 12.7. The molecule has 0 saturated carbocycles. The molecule has 2 aliphatic heterocycles. The molecule has 144 valence electrons. The molecule has 4 nitrogen and oxygen atoms in total. The van der Waals surface area contributed by atoms with E-state index >= 15 is 0 Å². The topological polar surface area (TPSA) is 35.9 Å². The normalized spacial score (nSPS) is 15.6. The summed E-state index contributed by atoms with van der Waals surface area (Å²) in [7, 11) is 0. The monoisotopic (exact) mass is 419 g/mol. The molecule has 0 N–H and O–H groups in total. The van der Waals surface area contributed by atoms with E-state index in [1.807, 2.05) is 48.5 Å². The highest BCUT2D eigenvalue weighted by Gasteiger charge is 2.28. The Kier molecular flexibility index (Phi) is 4.78. The number of para-hydroxylation sites is 2. The van der Waals surface area contributed by atoms with Crippen LogP contribution in [0.1, 0.15) is 18.4 Å². The molecule has 0 saturated heterocycles. The van der Waals surface area contributed by atoms with E-state index in [0.29, 0.717) is 24.5 Å². The van der Waals surface area contributed by atoms with Gasteiger partial charge in [-0.2, -0.15) is 5.10 Å². The van der Waals surface area contributed by atoms with Crippen molar-refractivity contribution >= 4 is 46.4 Å². The van der Waals surface area contributed by atoms with Crippen molar-refractivity contribution in [3.63, 3.8) is 0 Å². The van der Waals surface area contributed by atoms with Gasteiger partial charge in [0, 0.05) is 27.7 Å². The summed E-state index contributed by atoms with van der Waals surface area (Å²) in [5, 5.41) is 7.00. The maximum atomic E-state index is 12.7. The fourth-order valence-electron chi connectivity index (χ4n) is 3.63. The molecule has 3 aromatic carbocycles. The van der Waals surface area contributed by atoms with Crippen molar-refractivity contribution in [3.05, 3.63) is 83.4 Å². The molecule has 5 rings (SSSR count). The van der Waals surface area contributed by atoms with Gasteiger partial charge in [0.2, 0.25) is 5.91 Å². The highest BCUT2D eigenvalue weighted by molar-refractivity contribution is 7.99. The lowest BCUT2D eigenvalue weighted by Crippen LogP contribution is -2.40. The van der Waals surface area contributed by atoms with Crippen LogP contribution < -0.4 is 4.90 Å². The lowest BCUT2D eigenvalue weighted by atomic mass is 10.0. The van der Waals surface area contributed by atoms with Crippen LogP contribution in [-0.2, 0) is 4.79 Å². The minimum absolute atomic E-state index is 0.0379. The third kappa shape index (κ3) is 3.52. The smallest absolute Gasteiger partial charge is 0.244 e. The van der Waals surface area contributed by atoms with Gasteiger partial charge in [0.15, 0.2) is 0 Å². The number of fused-ring (bicyclic) bond motifs is 2. The third-order valence-electron chi connectivity index (χ3n) is 5.09. The molecule has 3 aromatic rings. The van der Waals surface area contributed by atoms with Crippen LogP contribution in [0.15, 0.2) is 87.7 Å². The molecular weight excluding hydrogens is 402 g/mol. The fourth-order valence-corrected chi connectivity index (χ4v) is 4.85. The molecule has 0 radical (unpaired) electrons. The minimum atomic E-state index is 0.0379. The van der Waals surface area contributed by atoms with Crippen LogP contribution >= 0.6 is 23.4 Å². The van der Waals surface area contributed by atoms with Gasteiger partial charge in [0.25, 0.3) is 0 Å². The van der Waals surface area contributed by atoms with Crippen LogP contribution in [0, 0.1) is 0 Å². The predicted octanol–water partition coefficient (Wildman–Crippen LogP) is 5.93. The molecule has 6 heteroatoms. The Labute approximate surface area is 178 Å². The van der Waals surface area contributed by atoms with E-state index in [4.69, 9.17) is 16.7 Å². The van der Waals surface area contributed by atoms with Crippen LogP contribution in [0.25, 0.3) is 0 Å². The van der Waals surface area contributed by atoms with E-state index in [0.717, 1.165) is 22.6 Å². The quantitative estimate of drug-likeness (QED) is 0.528. The summed E-state index contributed by atoms with van der Waals surface area (Å²) in [5.74, 6) is 0.0379. The Bertz CT molecular complexity index is 1070. The summed E-state index contributed by atoms with van der Waals surface area (Å²) in [6.07, 6.45) is 1.09. The van der Waals surface area contributed by atoms with E-state index < -0.39 is 0 Å². The molecule has 0 atom stereocenters. The second-order valence-electron chi connectivity index (χ2n) is 6.95. The maximum Gasteiger partial charge on any atom is 0.244 e. The Morgan fingerprint density at radius 2 is 1.48 bits per heavy atom. The van der Waals surface area contributed by atoms with E-state index in [1.54, 1.807) is 16.8 Å². The summed E-state index contributed by atoms with van der Waals surface area (Å²) in [6, 6.07) is 24.2. The summed E-state index contributed by atoms with van der Waals surface area (Å²) in [6.45, 7) is 0.379. The molecule has 2 heterocycles. The van der Waals surface area contributed by atoms with Gasteiger partial charge in [-0.05, 0) is 42.0 Å². The first-order valence-electron chi connectivity index (χ1n) is 9.46. The standard InChI is InChI=1S/C23H18ClN3OS/c24-17-11-9-16(10-12-17)18-13-14-23(28)27(25-18)15-26-19-5-1-3-7-21(19)29-22-8-4-2-6-20(22)26/h1-12H,13-15H2. The van der Waals surface area contributed by atoms with Gasteiger partial charge in [-0.3, -0.25) is 4.79 Å². The lowest BCUT2D eigenvalue weighted by Gasteiger charge is -2.36. The van der Waals surface area contributed by atoms with Crippen LogP contribution in [-0.4, -0.2) is 23.3 Å². The van der Waals surface area contributed by atoms with Gasteiger partial charge in [0.1, 0.15) is 6.67 Å². The molecule has 29 heavy (non-hydrogen) atoms. The number of amides is 1. The van der Waals surface area contributed by atoms with Crippen molar-refractivity contribution in [2.45, 2.75) is 22.6 Å². The van der Waals surface area contributed by atoms with Gasteiger partial charge < -0.3 is 4.90 Å². The number of hydrazone groups is 1. The number of hydrogen-bond donors (Lipinski definition) is 0. The molecule has 0 aromatic heterocycles. The van der Waals surface area contributed by atoms with Gasteiger partial charge in [-0.15, -0.1) is 0 Å². The van der Waals surface area contributed by atoms with Gasteiger partial charge in [-0.25, -0.2) is 5.01 Å². The Morgan fingerprint density at radius 3 is 2.14 bits per heavy atom. The molecule has 1 amide bonds. The van der Waals surface area contributed by atoms with Gasteiger partial charge in [0.05, 0.1) is 17.1 Å². The number of benzene rings is 3. The number of rotatable bonds is 3.